The van der Waals surface area contributed by atoms with E-state index in [9.17, 15) is 4.79 Å². The van der Waals surface area contributed by atoms with E-state index in [4.69, 9.17) is 4.74 Å². The maximum Gasteiger partial charge on any atom is 0.311 e. The Labute approximate surface area is 125 Å². The van der Waals surface area contributed by atoms with Crippen LogP contribution in [0, 0.1) is 5.92 Å². The van der Waals surface area contributed by atoms with Crippen molar-refractivity contribution < 1.29 is 9.53 Å². The first-order valence-electron chi connectivity index (χ1n) is 7.25. The number of carbonyl (C=O) groups is 1. The molecular formula is C18H19NO2. The van der Waals surface area contributed by atoms with E-state index >= 15 is 0 Å². The minimum atomic E-state index is -0.123. The van der Waals surface area contributed by atoms with E-state index < -0.39 is 0 Å². The van der Waals surface area contributed by atoms with Crippen LogP contribution in [-0.2, 0) is 9.53 Å². The molecule has 0 amide bonds. The topological polar surface area (TPSA) is 29.5 Å². The van der Waals surface area contributed by atoms with Gasteiger partial charge in [0, 0.05) is 12.2 Å². The van der Waals surface area contributed by atoms with Crippen LogP contribution in [0.25, 0.3) is 0 Å². The Balaban J connectivity index is 1.99. The molecule has 0 saturated carbocycles. The molecule has 0 aromatic heterocycles. The molecule has 2 aromatic rings. The molecule has 0 N–H and O–H groups in total. The monoisotopic (exact) mass is 281 g/mol. The van der Waals surface area contributed by atoms with Crippen molar-refractivity contribution in [1.29, 1.82) is 0 Å². The molecule has 0 unspecified atom stereocenters. The van der Waals surface area contributed by atoms with Gasteiger partial charge in [-0.1, -0.05) is 48.5 Å². The molecule has 1 aliphatic heterocycles. The van der Waals surface area contributed by atoms with E-state index in [1.165, 1.54) is 7.11 Å². The Morgan fingerprint density at radius 2 is 1.67 bits per heavy atom. The summed E-state index contributed by atoms with van der Waals surface area (Å²) in [5, 5.41) is 0. The Morgan fingerprint density at radius 3 is 2.29 bits per heavy atom. The van der Waals surface area contributed by atoms with Crippen LogP contribution in [0.3, 0.4) is 0 Å². The van der Waals surface area contributed by atoms with Crippen molar-refractivity contribution in [2.75, 3.05) is 18.6 Å². The predicted molar refractivity (Wildman–Crippen MR) is 83.1 cm³/mol. The van der Waals surface area contributed by atoms with Gasteiger partial charge in [0.15, 0.2) is 0 Å². The highest BCUT2D eigenvalue weighted by molar-refractivity contribution is 5.75. The normalized spacial score (nSPS) is 21.3. The molecule has 1 heterocycles. The minimum Gasteiger partial charge on any atom is -0.469 e. The zero-order valence-electron chi connectivity index (χ0n) is 12.1. The van der Waals surface area contributed by atoms with Gasteiger partial charge >= 0.3 is 5.97 Å². The molecule has 3 nitrogen and oxygen atoms in total. The van der Waals surface area contributed by atoms with E-state index in [0.717, 1.165) is 24.2 Å². The van der Waals surface area contributed by atoms with Gasteiger partial charge in [-0.05, 0) is 24.1 Å². The fourth-order valence-corrected chi connectivity index (χ4v) is 3.16. The molecular weight excluding hydrogens is 262 g/mol. The summed E-state index contributed by atoms with van der Waals surface area (Å²) in [5.74, 6) is -0.236. The van der Waals surface area contributed by atoms with E-state index in [-0.39, 0.29) is 17.9 Å². The van der Waals surface area contributed by atoms with Crippen molar-refractivity contribution in [3.8, 4) is 0 Å². The van der Waals surface area contributed by atoms with Gasteiger partial charge in [-0.2, -0.15) is 0 Å². The molecule has 0 aliphatic carbocycles. The smallest absolute Gasteiger partial charge is 0.311 e. The number of ether oxygens (including phenoxy) is 1. The first-order chi connectivity index (χ1) is 10.3. The van der Waals surface area contributed by atoms with Crippen molar-refractivity contribution in [2.24, 2.45) is 5.92 Å². The number of methoxy groups -OCH3 is 1. The van der Waals surface area contributed by atoms with E-state index in [0.29, 0.717) is 0 Å². The van der Waals surface area contributed by atoms with Crippen LogP contribution in [0.2, 0.25) is 0 Å². The maximum atomic E-state index is 12.1. The highest BCUT2D eigenvalue weighted by atomic mass is 16.5. The second-order valence-corrected chi connectivity index (χ2v) is 5.30. The van der Waals surface area contributed by atoms with Gasteiger partial charge in [-0.25, -0.2) is 0 Å². The van der Waals surface area contributed by atoms with E-state index in [1.54, 1.807) is 0 Å². The number of hydrogen-bond donors (Lipinski definition) is 0. The Kier molecular flexibility index (Phi) is 3.91. The van der Waals surface area contributed by atoms with E-state index in [1.807, 2.05) is 36.4 Å². The van der Waals surface area contributed by atoms with Gasteiger partial charge in [0.25, 0.3) is 0 Å². The summed E-state index contributed by atoms with van der Waals surface area (Å²) >= 11 is 0. The van der Waals surface area contributed by atoms with E-state index in [2.05, 4.69) is 29.2 Å². The molecule has 2 atom stereocenters. The molecule has 108 valence electrons. The van der Waals surface area contributed by atoms with Gasteiger partial charge in [-0.15, -0.1) is 0 Å². The fourth-order valence-electron chi connectivity index (χ4n) is 3.16. The third-order valence-electron chi connectivity index (χ3n) is 4.13. The van der Waals surface area contributed by atoms with Crippen LogP contribution in [0.1, 0.15) is 18.0 Å². The summed E-state index contributed by atoms with van der Waals surface area (Å²) in [6.07, 6.45) is 0.821. The maximum absolute atomic E-state index is 12.1. The number of benzene rings is 2. The summed E-state index contributed by atoms with van der Waals surface area (Å²) in [6.45, 7) is 0.864. The average molecular weight is 281 g/mol. The molecule has 0 radical (unpaired) electrons. The lowest BCUT2D eigenvalue weighted by Gasteiger charge is -2.29. The number of para-hydroxylation sites is 1. The molecule has 1 aliphatic rings. The Hall–Kier alpha value is -2.29. The van der Waals surface area contributed by atoms with Crippen molar-refractivity contribution >= 4 is 11.7 Å². The van der Waals surface area contributed by atoms with Gasteiger partial charge in [-0.3, -0.25) is 4.79 Å². The SMILES string of the molecule is COC(=O)[C@@H]1CCN(c2ccccc2)[C@@H]1c1ccccc1. The molecule has 2 aromatic carbocycles. The molecule has 1 fully saturated rings. The standard InChI is InChI=1S/C18H19NO2/c1-21-18(20)16-12-13-19(15-10-6-3-7-11-15)17(16)14-8-4-2-5-9-14/h2-11,16-17H,12-13H2,1H3/t16-,17-/m1/s1. The summed E-state index contributed by atoms with van der Waals surface area (Å²) < 4.78 is 5.00. The minimum absolute atomic E-state index is 0.0426. The number of carbonyl (C=O) groups excluding carboxylic acids is 1. The lowest BCUT2D eigenvalue weighted by atomic mass is 9.93. The molecule has 0 bridgehead atoms. The highest BCUT2D eigenvalue weighted by Gasteiger charge is 2.40. The van der Waals surface area contributed by atoms with Crippen molar-refractivity contribution in [2.45, 2.75) is 12.5 Å². The number of rotatable bonds is 3. The number of esters is 1. The highest BCUT2D eigenvalue weighted by Crippen LogP contribution is 2.40. The summed E-state index contributed by atoms with van der Waals surface area (Å²) in [7, 11) is 1.47. The first kappa shape index (κ1) is 13.7. The van der Waals surface area contributed by atoms with Crippen LogP contribution >= 0.6 is 0 Å². The zero-order valence-corrected chi connectivity index (χ0v) is 12.1. The largest absolute Gasteiger partial charge is 0.469 e. The zero-order chi connectivity index (χ0) is 14.7. The summed E-state index contributed by atoms with van der Waals surface area (Å²) in [4.78, 5) is 14.4. The lowest BCUT2D eigenvalue weighted by Crippen LogP contribution is -2.28. The lowest BCUT2D eigenvalue weighted by molar-refractivity contribution is -0.145. The third-order valence-corrected chi connectivity index (χ3v) is 4.13. The van der Waals surface area contributed by atoms with Gasteiger partial charge < -0.3 is 9.64 Å². The first-order valence-corrected chi connectivity index (χ1v) is 7.25. The van der Waals surface area contributed by atoms with Crippen molar-refractivity contribution in [3.63, 3.8) is 0 Å². The molecule has 3 heteroatoms. The number of hydrogen-bond acceptors (Lipinski definition) is 3. The predicted octanol–water partition coefficient (Wildman–Crippen LogP) is 3.43. The van der Waals surface area contributed by atoms with Crippen LogP contribution in [0.4, 0.5) is 5.69 Å². The molecule has 0 spiro atoms. The second kappa shape index (κ2) is 6.00. The van der Waals surface area contributed by atoms with Gasteiger partial charge in [0.2, 0.25) is 0 Å². The van der Waals surface area contributed by atoms with Crippen LogP contribution in [-0.4, -0.2) is 19.6 Å². The number of nitrogens with zero attached hydrogens (tertiary/aromatic N) is 1. The fraction of sp³-hybridized carbons (Fsp3) is 0.278. The summed E-state index contributed by atoms with van der Waals surface area (Å²) in [5.41, 5.74) is 2.31. The van der Waals surface area contributed by atoms with Crippen molar-refractivity contribution in [1.82, 2.24) is 0 Å². The third kappa shape index (κ3) is 2.64. The van der Waals surface area contributed by atoms with Crippen LogP contribution < -0.4 is 4.90 Å². The van der Waals surface area contributed by atoms with Crippen LogP contribution in [0.15, 0.2) is 60.7 Å². The molecule has 1 saturated heterocycles. The van der Waals surface area contributed by atoms with Crippen LogP contribution in [0.5, 0.6) is 0 Å². The second-order valence-electron chi connectivity index (χ2n) is 5.30. The van der Waals surface area contributed by atoms with Gasteiger partial charge in [0.1, 0.15) is 0 Å². The quantitative estimate of drug-likeness (QED) is 0.807. The van der Waals surface area contributed by atoms with Gasteiger partial charge in [0.05, 0.1) is 19.1 Å². The molecule has 21 heavy (non-hydrogen) atoms. The molecule has 3 rings (SSSR count). The Morgan fingerprint density at radius 1 is 1.05 bits per heavy atom. The average Bonchev–Trinajstić information content (AvgIpc) is 3.00. The summed E-state index contributed by atoms with van der Waals surface area (Å²) in [6, 6.07) is 20.5. The Bertz CT molecular complexity index is 597. The number of anilines is 1. The van der Waals surface area contributed by atoms with Crippen molar-refractivity contribution in [3.05, 3.63) is 66.2 Å².